The van der Waals surface area contributed by atoms with Crippen LogP contribution in [-0.2, 0) is 14.6 Å². The second-order valence-corrected chi connectivity index (χ2v) is 7.11. The maximum atomic E-state index is 12.0. The van der Waals surface area contributed by atoms with Crippen LogP contribution in [0.5, 0.6) is 0 Å². The molecule has 0 heterocycles. The van der Waals surface area contributed by atoms with E-state index >= 15 is 0 Å². The van der Waals surface area contributed by atoms with Crippen LogP contribution >= 0.6 is 0 Å². The molecular weight excluding hydrogens is 226 g/mol. The highest BCUT2D eigenvalue weighted by atomic mass is 32.2. The summed E-state index contributed by atoms with van der Waals surface area (Å²) in [4.78, 5) is 12.0. The van der Waals surface area contributed by atoms with E-state index in [0.29, 0.717) is 19.4 Å². The highest BCUT2D eigenvalue weighted by molar-refractivity contribution is 7.90. The molecule has 1 saturated carbocycles. The molecule has 0 radical (unpaired) electrons. The Kier molecular flexibility index (Phi) is 4.50. The van der Waals surface area contributed by atoms with Gasteiger partial charge in [-0.25, -0.2) is 8.42 Å². The number of rotatable bonds is 6. The molecule has 1 aliphatic carbocycles. The van der Waals surface area contributed by atoms with Crippen molar-refractivity contribution in [1.29, 1.82) is 0 Å². The van der Waals surface area contributed by atoms with E-state index in [2.05, 4.69) is 0 Å². The van der Waals surface area contributed by atoms with Gasteiger partial charge in [0.1, 0.15) is 15.6 Å². The van der Waals surface area contributed by atoms with Crippen LogP contribution in [0.1, 0.15) is 38.5 Å². The van der Waals surface area contributed by atoms with E-state index in [0.717, 1.165) is 25.7 Å². The molecule has 5 heteroatoms. The molecule has 0 aliphatic heterocycles. The van der Waals surface area contributed by atoms with Crippen molar-refractivity contribution >= 4 is 15.6 Å². The summed E-state index contributed by atoms with van der Waals surface area (Å²) in [5, 5.41) is 0. The fraction of sp³-hybridized carbons (Fsp3) is 0.909. The van der Waals surface area contributed by atoms with Crippen molar-refractivity contribution in [3.63, 3.8) is 0 Å². The number of nitrogens with two attached hydrogens (primary N) is 1. The lowest BCUT2D eigenvalue weighted by Crippen LogP contribution is -2.36. The first-order valence-electron chi connectivity index (χ1n) is 5.81. The summed E-state index contributed by atoms with van der Waals surface area (Å²) in [5.74, 6) is 0.260. The summed E-state index contributed by atoms with van der Waals surface area (Å²) in [6.07, 6.45) is 5.86. The van der Waals surface area contributed by atoms with Gasteiger partial charge in [-0.15, -0.1) is 0 Å². The van der Waals surface area contributed by atoms with E-state index in [1.165, 1.54) is 6.26 Å². The molecule has 0 amide bonds. The SMILES string of the molecule is CS(=O)(=O)CCCC(=O)C1(CN)CCCC1. The molecule has 0 aromatic heterocycles. The van der Waals surface area contributed by atoms with Crippen molar-refractivity contribution in [1.82, 2.24) is 0 Å². The number of carbonyl (C=O) groups is 1. The molecular formula is C11H21NO3S. The maximum absolute atomic E-state index is 12.0. The summed E-state index contributed by atoms with van der Waals surface area (Å²) in [5.41, 5.74) is 5.35. The average molecular weight is 247 g/mol. The third-order valence-electron chi connectivity index (χ3n) is 3.46. The Balaban J connectivity index is 2.45. The van der Waals surface area contributed by atoms with Gasteiger partial charge in [0.05, 0.1) is 5.75 Å². The zero-order chi connectivity index (χ0) is 12.2. The van der Waals surface area contributed by atoms with E-state index in [1.807, 2.05) is 0 Å². The minimum absolute atomic E-state index is 0.0966. The van der Waals surface area contributed by atoms with Gasteiger partial charge in [0.25, 0.3) is 0 Å². The number of hydrogen-bond donors (Lipinski definition) is 1. The third-order valence-corrected chi connectivity index (χ3v) is 4.49. The van der Waals surface area contributed by atoms with Crippen molar-refractivity contribution in [2.45, 2.75) is 38.5 Å². The van der Waals surface area contributed by atoms with E-state index in [1.54, 1.807) is 0 Å². The molecule has 94 valence electrons. The van der Waals surface area contributed by atoms with Crippen LogP contribution in [0.3, 0.4) is 0 Å². The number of sulfone groups is 1. The minimum atomic E-state index is -2.95. The zero-order valence-corrected chi connectivity index (χ0v) is 10.7. The van der Waals surface area contributed by atoms with Gasteiger partial charge in [0, 0.05) is 24.6 Å². The monoisotopic (exact) mass is 247 g/mol. The van der Waals surface area contributed by atoms with Gasteiger partial charge in [-0.05, 0) is 19.3 Å². The van der Waals surface area contributed by atoms with E-state index in [4.69, 9.17) is 5.73 Å². The minimum Gasteiger partial charge on any atom is -0.329 e. The topological polar surface area (TPSA) is 77.2 Å². The van der Waals surface area contributed by atoms with Gasteiger partial charge in [-0.2, -0.15) is 0 Å². The number of hydrogen-bond acceptors (Lipinski definition) is 4. The molecule has 1 fully saturated rings. The van der Waals surface area contributed by atoms with Crippen molar-refractivity contribution in [3.05, 3.63) is 0 Å². The predicted octanol–water partition coefficient (Wildman–Crippen LogP) is 0.899. The smallest absolute Gasteiger partial charge is 0.147 e. The first kappa shape index (κ1) is 13.6. The summed E-state index contributed by atoms with van der Waals surface area (Å²) in [7, 11) is -2.95. The molecule has 1 rings (SSSR count). The lowest BCUT2D eigenvalue weighted by Gasteiger charge is -2.25. The normalized spacial score (nSPS) is 19.9. The summed E-state index contributed by atoms with van der Waals surface area (Å²) < 4.78 is 21.9. The average Bonchev–Trinajstić information content (AvgIpc) is 2.65. The van der Waals surface area contributed by atoms with Gasteiger partial charge in [-0.3, -0.25) is 4.79 Å². The molecule has 0 aromatic carbocycles. The van der Waals surface area contributed by atoms with E-state index in [9.17, 15) is 13.2 Å². The second kappa shape index (κ2) is 5.27. The lowest BCUT2D eigenvalue weighted by atomic mass is 9.80. The Bertz CT molecular complexity index is 342. The zero-order valence-electron chi connectivity index (χ0n) is 9.87. The molecule has 0 atom stereocenters. The quantitative estimate of drug-likeness (QED) is 0.756. The molecule has 0 spiro atoms. The fourth-order valence-electron chi connectivity index (χ4n) is 2.41. The molecule has 2 N–H and O–H groups in total. The lowest BCUT2D eigenvalue weighted by molar-refractivity contribution is -0.128. The third kappa shape index (κ3) is 3.56. The first-order chi connectivity index (χ1) is 7.40. The second-order valence-electron chi connectivity index (χ2n) is 4.85. The van der Waals surface area contributed by atoms with Crippen molar-refractivity contribution in [2.24, 2.45) is 11.1 Å². The van der Waals surface area contributed by atoms with Crippen LogP contribution in [0.4, 0.5) is 0 Å². The van der Waals surface area contributed by atoms with Gasteiger partial charge >= 0.3 is 0 Å². The highest BCUT2D eigenvalue weighted by Gasteiger charge is 2.38. The Morgan fingerprint density at radius 2 is 1.88 bits per heavy atom. The Hall–Kier alpha value is -0.420. The van der Waals surface area contributed by atoms with Crippen molar-refractivity contribution < 1.29 is 13.2 Å². The summed E-state index contributed by atoms with van der Waals surface area (Å²) in [6, 6.07) is 0. The maximum Gasteiger partial charge on any atom is 0.147 e. The fourth-order valence-corrected chi connectivity index (χ4v) is 3.08. The van der Waals surface area contributed by atoms with E-state index in [-0.39, 0.29) is 17.0 Å². The van der Waals surface area contributed by atoms with Crippen LogP contribution in [0, 0.1) is 5.41 Å². The van der Waals surface area contributed by atoms with Crippen LogP contribution in [0.25, 0.3) is 0 Å². The Morgan fingerprint density at radius 3 is 2.31 bits per heavy atom. The molecule has 0 aromatic rings. The molecule has 1 aliphatic rings. The van der Waals surface area contributed by atoms with Crippen molar-refractivity contribution in [3.8, 4) is 0 Å². The van der Waals surface area contributed by atoms with Crippen LogP contribution in [0.15, 0.2) is 0 Å². The predicted molar refractivity (Wildman–Crippen MR) is 63.9 cm³/mol. The molecule has 0 bridgehead atoms. The molecule has 0 saturated heterocycles. The highest BCUT2D eigenvalue weighted by Crippen LogP contribution is 2.39. The van der Waals surface area contributed by atoms with Crippen LogP contribution in [0.2, 0.25) is 0 Å². The van der Waals surface area contributed by atoms with E-state index < -0.39 is 9.84 Å². The Labute approximate surface area is 97.5 Å². The van der Waals surface area contributed by atoms with Gasteiger partial charge < -0.3 is 5.73 Å². The number of ketones is 1. The summed E-state index contributed by atoms with van der Waals surface area (Å²) >= 11 is 0. The van der Waals surface area contributed by atoms with Gasteiger partial charge in [0.2, 0.25) is 0 Å². The van der Waals surface area contributed by atoms with Gasteiger partial charge in [0.15, 0.2) is 0 Å². The molecule has 0 unspecified atom stereocenters. The van der Waals surface area contributed by atoms with Crippen molar-refractivity contribution in [2.75, 3.05) is 18.6 Å². The molecule has 16 heavy (non-hydrogen) atoms. The Morgan fingerprint density at radius 1 is 1.31 bits per heavy atom. The summed E-state index contributed by atoms with van der Waals surface area (Å²) in [6.45, 7) is 0.407. The van der Waals surface area contributed by atoms with Crippen LogP contribution in [-0.4, -0.2) is 32.8 Å². The molecule has 4 nitrogen and oxygen atoms in total. The number of Topliss-reactive ketones (excluding diaryl/α,β-unsaturated/α-hetero) is 1. The van der Waals surface area contributed by atoms with Gasteiger partial charge in [-0.1, -0.05) is 12.8 Å². The first-order valence-corrected chi connectivity index (χ1v) is 7.87. The van der Waals surface area contributed by atoms with Crippen LogP contribution < -0.4 is 5.73 Å². The number of carbonyl (C=O) groups excluding carboxylic acids is 1. The standard InChI is InChI=1S/C11H21NO3S/c1-16(14,15)8-4-5-10(13)11(9-12)6-2-3-7-11/h2-9,12H2,1H3. The largest absolute Gasteiger partial charge is 0.329 e.